The number of nitrogens with zero attached hydrogens (tertiary/aromatic N) is 2. The lowest BCUT2D eigenvalue weighted by Crippen LogP contribution is -2.45. The van der Waals surface area contributed by atoms with Crippen LogP contribution < -0.4 is 5.73 Å². The topological polar surface area (TPSA) is 57.9 Å². The van der Waals surface area contributed by atoms with Crippen LogP contribution in [0.4, 0.5) is 0 Å². The second-order valence-electron chi connectivity index (χ2n) is 5.18. The molecule has 100 valence electrons. The Morgan fingerprint density at radius 1 is 1.32 bits per heavy atom. The van der Waals surface area contributed by atoms with E-state index < -0.39 is 0 Å². The molecule has 1 aromatic carbocycles. The molecule has 0 amide bonds. The molecule has 2 aromatic rings. The molecule has 1 fully saturated rings. The molecule has 1 saturated heterocycles. The number of aromatic nitrogens is 2. The largest absolute Gasteiger partial charge is 0.347 e. The number of benzene rings is 1. The van der Waals surface area contributed by atoms with Gasteiger partial charge < -0.3 is 10.7 Å². The normalized spacial score (nSPS) is 24.5. The lowest BCUT2D eigenvalue weighted by molar-refractivity contribution is 0.115. The summed E-state index contributed by atoms with van der Waals surface area (Å²) in [4.78, 5) is 10.1. The Labute approximate surface area is 113 Å². The highest BCUT2D eigenvalue weighted by Crippen LogP contribution is 2.29. The van der Waals surface area contributed by atoms with E-state index in [0.29, 0.717) is 0 Å². The van der Waals surface area contributed by atoms with Crippen LogP contribution in [-0.4, -0.2) is 27.5 Å². The molecule has 0 spiro atoms. The average molecular weight is 256 g/mol. The summed E-state index contributed by atoms with van der Waals surface area (Å²) >= 11 is 0. The van der Waals surface area contributed by atoms with E-state index in [1.165, 1.54) is 5.56 Å². The third-order valence-electron chi connectivity index (χ3n) is 3.81. The first-order chi connectivity index (χ1) is 9.34. The third kappa shape index (κ3) is 2.69. The molecule has 4 nitrogen and oxygen atoms in total. The van der Waals surface area contributed by atoms with Crippen molar-refractivity contribution in [2.75, 3.05) is 6.54 Å². The molecule has 4 heteroatoms. The Balaban J connectivity index is 1.81. The molecule has 1 aromatic heterocycles. The van der Waals surface area contributed by atoms with E-state index in [9.17, 15) is 0 Å². The fourth-order valence-electron chi connectivity index (χ4n) is 2.91. The van der Waals surface area contributed by atoms with Gasteiger partial charge in [0.15, 0.2) is 0 Å². The third-order valence-corrected chi connectivity index (χ3v) is 3.81. The number of nitrogens with two attached hydrogens (primary N) is 1. The van der Waals surface area contributed by atoms with E-state index in [1.807, 2.05) is 6.20 Å². The van der Waals surface area contributed by atoms with Crippen molar-refractivity contribution in [3.8, 4) is 0 Å². The van der Waals surface area contributed by atoms with Crippen LogP contribution in [0.2, 0.25) is 0 Å². The van der Waals surface area contributed by atoms with Crippen molar-refractivity contribution in [3.63, 3.8) is 0 Å². The molecule has 19 heavy (non-hydrogen) atoms. The minimum Gasteiger partial charge on any atom is -0.347 e. The number of aromatic amines is 1. The summed E-state index contributed by atoms with van der Waals surface area (Å²) < 4.78 is 0. The lowest BCUT2D eigenvalue weighted by atomic mass is 9.95. The first kappa shape index (κ1) is 12.4. The van der Waals surface area contributed by atoms with Gasteiger partial charge >= 0.3 is 0 Å². The van der Waals surface area contributed by atoms with E-state index in [0.717, 1.165) is 31.8 Å². The van der Waals surface area contributed by atoms with Crippen molar-refractivity contribution >= 4 is 0 Å². The second kappa shape index (κ2) is 5.55. The number of nitrogens with one attached hydrogen (secondary N) is 1. The molecule has 0 unspecified atom stereocenters. The Hall–Kier alpha value is -1.65. The molecular formula is C15H20N4. The van der Waals surface area contributed by atoms with Gasteiger partial charge in [0.05, 0.1) is 6.04 Å². The SMILES string of the molecule is N[C@@H]1CCCN(Cc2ccccc2)[C@H]1c1ncc[nH]1. The standard InChI is InChI=1S/C15H20N4/c16-13-7-4-10-19(11-12-5-2-1-3-6-12)14(13)15-17-8-9-18-15/h1-3,5-6,8-9,13-14H,4,7,10-11,16H2,(H,17,18)/t13-,14-/m1/s1. The van der Waals surface area contributed by atoms with Gasteiger partial charge in [0.1, 0.15) is 5.82 Å². The maximum Gasteiger partial charge on any atom is 0.125 e. The van der Waals surface area contributed by atoms with Crippen molar-refractivity contribution in [2.45, 2.75) is 31.5 Å². The maximum atomic E-state index is 6.31. The van der Waals surface area contributed by atoms with Gasteiger partial charge in [-0.2, -0.15) is 0 Å². The molecule has 1 aliphatic rings. The Kier molecular flexibility index (Phi) is 3.62. The summed E-state index contributed by atoms with van der Waals surface area (Å²) in [6.07, 6.45) is 5.90. The fourth-order valence-corrected chi connectivity index (χ4v) is 2.91. The van der Waals surface area contributed by atoms with Gasteiger partial charge in [-0.1, -0.05) is 30.3 Å². The molecular weight excluding hydrogens is 236 g/mol. The van der Waals surface area contributed by atoms with E-state index in [2.05, 4.69) is 45.2 Å². The second-order valence-corrected chi connectivity index (χ2v) is 5.18. The highest BCUT2D eigenvalue weighted by molar-refractivity contribution is 5.15. The quantitative estimate of drug-likeness (QED) is 0.884. The molecule has 0 radical (unpaired) electrons. The summed E-state index contributed by atoms with van der Waals surface area (Å²) in [5.74, 6) is 0.989. The van der Waals surface area contributed by atoms with Crippen molar-refractivity contribution < 1.29 is 0 Å². The minimum atomic E-state index is 0.156. The van der Waals surface area contributed by atoms with Crippen LogP contribution in [-0.2, 0) is 6.54 Å². The molecule has 0 bridgehead atoms. The number of hydrogen-bond acceptors (Lipinski definition) is 3. The Morgan fingerprint density at radius 2 is 2.16 bits per heavy atom. The van der Waals surface area contributed by atoms with E-state index in [4.69, 9.17) is 5.73 Å². The van der Waals surface area contributed by atoms with E-state index in [-0.39, 0.29) is 12.1 Å². The molecule has 3 N–H and O–H groups in total. The molecule has 2 atom stereocenters. The zero-order valence-electron chi connectivity index (χ0n) is 11.0. The van der Waals surface area contributed by atoms with Gasteiger partial charge in [-0.05, 0) is 24.9 Å². The molecule has 2 heterocycles. The summed E-state index contributed by atoms with van der Waals surface area (Å²) in [6, 6.07) is 10.9. The molecule has 0 saturated carbocycles. The molecule has 3 rings (SSSR count). The number of rotatable bonds is 3. The van der Waals surface area contributed by atoms with E-state index in [1.54, 1.807) is 6.20 Å². The fraction of sp³-hybridized carbons (Fsp3) is 0.400. The van der Waals surface area contributed by atoms with Crippen LogP contribution >= 0.6 is 0 Å². The van der Waals surface area contributed by atoms with Crippen molar-refractivity contribution in [1.82, 2.24) is 14.9 Å². The van der Waals surface area contributed by atoms with Crippen LogP contribution in [0.3, 0.4) is 0 Å². The van der Waals surface area contributed by atoms with Crippen LogP contribution in [0.5, 0.6) is 0 Å². The van der Waals surface area contributed by atoms with Crippen molar-refractivity contribution in [1.29, 1.82) is 0 Å². The summed E-state index contributed by atoms with van der Waals surface area (Å²) in [5.41, 5.74) is 7.64. The zero-order chi connectivity index (χ0) is 13.1. The Morgan fingerprint density at radius 3 is 2.89 bits per heavy atom. The number of piperidine rings is 1. The van der Waals surface area contributed by atoms with Gasteiger partial charge in [-0.3, -0.25) is 4.90 Å². The number of H-pyrrole nitrogens is 1. The van der Waals surface area contributed by atoms with Crippen LogP contribution in [0.25, 0.3) is 0 Å². The lowest BCUT2D eigenvalue weighted by Gasteiger charge is -2.38. The van der Waals surface area contributed by atoms with Gasteiger partial charge in [-0.15, -0.1) is 0 Å². The highest BCUT2D eigenvalue weighted by Gasteiger charge is 2.31. The van der Waals surface area contributed by atoms with Crippen LogP contribution in [0, 0.1) is 0 Å². The first-order valence-corrected chi connectivity index (χ1v) is 6.87. The summed E-state index contributed by atoms with van der Waals surface area (Å²) in [5, 5.41) is 0. The van der Waals surface area contributed by atoms with Crippen LogP contribution in [0.1, 0.15) is 30.3 Å². The maximum absolute atomic E-state index is 6.31. The zero-order valence-corrected chi connectivity index (χ0v) is 11.0. The minimum absolute atomic E-state index is 0.156. The monoisotopic (exact) mass is 256 g/mol. The average Bonchev–Trinajstić information content (AvgIpc) is 2.94. The molecule has 1 aliphatic heterocycles. The summed E-state index contributed by atoms with van der Waals surface area (Å²) in [7, 11) is 0. The number of hydrogen-bond donors (Lipinski definition) is 2. The van der Waals surface area contributed by atoms with Crippen molar-refractivity contribution in [3.05, 3.63) is 54.1 Å². The van der Waals surface area contributed by atoms with Gasteiger partial charge in [0.2, 0.25) is 0 Å². The number of imidazole rings is 1. The van der Waals surface area contributed by atoms with E-state index >= 15 is 0 Å². The van der Waals surface area contributed by atoms with Gasteiger partial charge in [0.25, 0.3) is 0 Å². The predicted octanol–water partition coefficient (Wildman–Crippen LogP) is 2.07. The van der Waals surface area contributed by atoms with Crippen LogP contribution in [0.15, 0.2) is 42.7 Å². The smallest absolute Gasteiger partial charge is 0.125 e. The molecule has 0 aliphatic carbocycles. The number of likely N-dealkylation sites (tertiary alicyclic amines) is 1. The predicted molar refractivity (Wildman–Crippen MR) is 75.4 cm³/mol. The summed E-state index contributed by atoms with van der Waals surface area (Å²) in [6.45, 7) is 2.01. The first-order valence-electron chi connectivity index (χ1n) is 6.87. The highest BCUT2D eigenvalue weighted by atomic mass is 15.2. The Bertz CT molecular complexity index is 494. The van der Waals surface area contributed by atoms with Gasteiger partial charge in [0, 0.05) is 25.0 Å². The van der Waals surface area contributed by atoms with Crippen molar-refractivity contribution in [2.24, 2.45) is 5.73 Å². The van der Waals surface area contributed by atoms with Gasteiger partial charge in [-0.25, -0.2) is 4.98 Å².